The molecule has 130 valence electrons. The Morgan fingerprint density at radius 1 is 1.24 bits per heavy atom. The largest absolute Gasteiger partial charge is 0.462 e. The fourth-order valence-corrected chi connectivity index (χ4v) is 4.02. The summed E-state index contributed by atoms with van der Waals surface area (Å²) >= 11 is 1.37. The normalized spacial score (nSPS) is 11.4. The van der Waals surface area contributed by atoms with Gasteiger partial charge in [0.1, 0.15) is 6.61 Å². The van der Waals surface area contributed by atoms with Crippen molar-refractivity contribution in [1.29, 1.82) is 0 Å². The number of benzene rings is 1. The Hall–Kier alpha value is -2.45. The number of nitrogens with zero attached hydrogens (tertiary/aromatic N) is 1. The minimum Gasteiger partial charge on any atom is -0.462 e. The minimum absolute atomic E-state index is 0.0166. The van der Waals surface area contributed by atoms with Gasteiger partial charge in [0.2, 0.25) is 0 Å². The molecule has 3 rings (SSSR count). The maximum atomic E-state index is 12.3. The lowest BCUT2D eigenvalue weighted by Crippen LogP contribution is -2.13. The van der Waals surface area contributed by atoms with E-state index in [2.05, 4.69) is 4.98 Å². The molecule has 2 aromatic heterocycles. The third-order valence-corrected chi connectivity index (χ3v) is 6.15. The fraction of sp³-hybridized carbons (Fsp3) is 0.176. The van der Waals surface area contributed by atoms with Gasteiger partial charge in [-0.3, -0.25) is 0 Å². The van der Waals surface area contributed by atoms with E-state index in [1.54, 1.807) is 35.9 Å². The molecular formula is C17H15NO5S2. The predicted molar refractivity (Wildman–Crippen MR) is 93.1 cm³/mol. The second-order valence-corrected chi connectivity index (χ2v) is 8.20. The van der Waals surface area contributed by atoms with Crippen LogP contribution in [-0.4, -0.2) is 25.1 Å². The summed E-state index contributed by atoms with van der Waals surface area (Å²) in [5, 5.41) is 2.45. The molecule has 0 saturated heterocycles. The molecule has 3 aromatic rings. The van der Waals surface area contributed by atoms with Gasteiger partial charge in [-0.25, -0.2) is 18.2 Å². The molecular weight excluding hydrogens is 362 g/mol. The van der Waals surface area contributed by atoms with E-state index >= 15 is 0 Å². The van der Waals surface area contributed by atoms with Gasteiger partial charge in [0.05, 0.1) is 28.2 Å². The van der Waals surface area contributed by atoms with Gasteiger partial charge >= 0.3 is 5.97 Å². The molecule has 0 aliphatic heterocycles. The standard InChI is InChI=1S/C17H15NO5S2/c1-2-25(20,21)15-8-4-3-6-13(15)17(19)23-10-12-11-24-16(18-12)14-7-5-9-22-14/h3-9,11H,2,10H2,1H3. The van der Waals surface area contributed by atoms with Crippen LogP contribution < -0.4 is 0 Å². The van der Waals surface area contributed by atoms with E-state index < -0.39 is 15.8 Å². The highest BCUT2D eigenvalue weighted by molar-refractivity contribution is 7.91. The smallest absolute Gasteiger partial charge is 0.339 e. The summed E-state index contributed by atoms with van der Waals surface area (Å²) in [7, 11) is -3.51. The summed E-state index contributed by atoms with van der Waals surface area (Å²) in [6, 6.07) is 9.59. The van der Waals surface area contributed by atoms with Crippen molar-refractivity contribution in [2.75, 3.05) is 5.75 Å². The van der Waals surface area contributed by atoms with Crippen molar-refractivity contribution in [3.63, 3.8) is 0 Å². The van der Waals surface area contributed by atoms with E-state index in [1.807, 2.05) is 0 Å². The molecule has 2 heterocycles. The van der Waals surface area contributed by atoms with Gasteiger partial charge in [-0.05, 0) is 24.3 Å². The molecule has 0 atom stereocenters. The molecule has 0 spiro atoms. The van der Waals surface area contributed by atoms with Crippen LogP contribution in [0.4, 0.5) is 0 Å². The topological polar surface area (TPSA) is 86.5 Å². The van der Waals surface area contributed by atoms with Crippen LogP contribution in [0.25, 0.3) is 10.8 Å². The monoisotopic (exact) mass is 377 g/mol. The van der Waals surface area contributed by atoms with Crippen LogP contribution in [0.2, 0.25) is 0 Å². The van der Waals surface area contributed by atoms with Crippen LogP contribution in [0.15, 0.2) is 57.4 Å². The first-order valence-corrected chi connectivity index (χ1v) is 10.0. The number of ether oxygens (including phenoxy) is 1. The van der Waals surface area contributed by atoms with Crippen LogP contribution in [0.1, 0.15) is 23.0 Å². The Morgan fingerprint density at radius 2 is 2.04 bits per heavy atom. The van der Waals surface area contributed by atoms with E-state index in [1.165, 1.54) is 30.4 Å². The zero-order valence-electron chi connectivity index (χ0n) is 13.3. The van der Waals surface area contributed by atoms with Crippen LogP contribution in [-0.2, 0) is 21.2 Å². The van der Waals surface area contributed by atoms with Crippen molar-refractivity contribution < 1.29 is 22.4 Å². The number of sulfone groups is 1. The summed E-state index contributed by atoms with van der Waals surface area (Å²) < 4.78 is 34.7. The van der Waals surface area contributed by atoms with Gasteiger partial charge in [-0.2, -0.15) is 0 Å². The Labute approximate surface area is 149 Å². The van der Waals surface area contributed by atoms with Gasteiger partial charge in [-0.1, -0.05) is 19.1 Å². The van der Waals surface area contributed by atoms with E-state index in [9.17, 15) is 13.2 Å². The van der Waals surface area contributed by atoms with Crippen molar-refractivity contribution in [2.24, 2.45) is 0 Å². The van der Waals surface area contributed by atoms with Crippen molar-refractivity contribution >= 4 is 27.1 Å². The van der Waals surface area contributed by atoms with Crippen LogP contribution in [0, 0.1) is 0 Å². The molecule has 6 nitrogen and oxygen atoms in total. The quantitative estimate of drug-likeness (QED) is 0.611. The van der Waals surface area contributed by atoms with Crippen LogP contribution >= 0.6 is 11.3 Å². The molecule has 0 fully saturated rings. The van der Waals surface area contributed by atoms with Gasteiger partial charge in [0.15, 0.2) is 20.6 Å². The number of aromatic nitrogens is 1. The molecule has 0 radical (unpaired) electrons. The average Bonchev–Trinajstić information content (AvgIpc) is 3.31. The molecule has 0 amide bonds. The highest BCUT2D eigenvalue weighted by Crippen LogP contribution is 2.24. The summed E-state index contributed by atoms with van der Waals surface area (Å²) in [5.74, 6) is -0.141. The predicted octanol–water partition coefficient (Wildman–Crippen LogP) is 3.55. The number of rotatable bonds is 6. The summed E-state index contributed by atoms with van der Waals surface area (Å²) in [6.45, 7) is 1.49. The third-order valence-electron chi connectivity index (χ3n) is 3.46. The van der Waals surface area contributed by atoms with E-state index in [0.717, 1.165) is 0 Å². The van der Waals surface area contributed by atoms with Crippen molar-refractivity contribution in [1.82, 2.24) is 4.98 Å². The number of furan rings is 1. The van der Waals surface area contributed by atoms with Gasteiger partial charge in [0.25, 0.3) is 0 Å². The Bertz CT molecular complexity index is 974. The van der Waals surface area contributed by atoms with E-state index in [0.29, 0.717) is 16.5 Å². The third kappa shape index (κ3) is 3.80. The van der Waals surface area contributed by atoms with E-state index in [-0.39, 0.29) is 22.8 Å². The first-order valence-electron chi connectivity index (χ1n) is 7.48. The SMILES string of the molecule is CCS(=O)(=O)c1ccccc1C(=O)OCc1csc(-c2ccco2)n1. The summed E-state index contributed by atoms with van der Waals surface area (Å²) in [5.41, 5.74) is 0.603. The minimum atomic E-state index is -3.51. The average molecular weight is 377 g/mol. The first-order chi connectivity index (χ1) is 12.0. The zero-order chi connectivity index (χ0) is 17.9. The second kappa shape index (κ2) is 7.20. The summed E-state index contributed by atoms with van der Waals surface area (Å²) in [6.07, 6.45) is 1.56. The molecule has 0 aliphatic rings. The van der Waals surface area contributed by atoms with Crippen molar-refractivity contribution in [3.8, 4) is 10.8 Å². The maximum Gasteiger partial charge on any atom is 0.339 e. The lowest BCUT2D eigenvalue weighted by Gasteiger charge is -2.08. The van der Waals surface area contributed by atoms with Gasteiger partial charge < -0.3 is 9.15 Å². The number of hydrogen-bond donors (Lipinski definition) is 0. The Balaban J connectivity index is 1.74. The van der Waals surface area contributed by atoms with Crippen LogP contribution in [0.5, 0.6) is 0 Å². The Morgan fingerprint density at radius 3 is 2.76 bits per heavy atom. The number of esters is 1. The zero-order valence-corrected chi connectivity index (χ0v) is 15.0. The molecule has 25 heavy (non-hydrogen) atoms. The first kappa shape index (κ1) is 17.4. The second-order valence-electron chi connectivity index (χ2n) is 5.10. The maximum absolute atomic E-state index is 12.3. The molecule has 0 saturated carbocycles. The van der Waals surface area contributed by atoms with Gasteiger partial charge in [0, 0.05) is 5.38 Å². The highest BCUT2D eigenvalue weighted by Gasteiger charge is 2.21. The molecule has 0 N–H and O–H groups in total. The number of carbonyl (C=O) groups excluding carboxylic acids is 1. The molecule has 0 bridgehead atoms. The molecule has 0 unspecified atom stereocenters. The van der Waals surface area contributed by atoms with Crippen LogP contribution in [0.3, 0.4) is 0 Å². The van der Waals surface area contributed by atoms with Crippen molar-refractivity contribution in [3.05, 3.63) is 59.3 Å². The lowest BCUT2D eigenvalue weighted by atomic mass is 10.2. The van der Waals surface area contributed by atoms with Crippen molar-refractivity contribution in [2.45, 2.75) is 18.4 Å². The molecule has 8 heteroatoms. The number of thiazole rings is 1. The Kier molecular flexibility index (Phi) is 5.00. The fourth-order valence-electron chi connectivity index (χ4n) is 2.17. The van der Waals surface area contributed by atoms with Gasteiger partial charge in [-0.15, -0.1) is 11.3 Å². The molecule has 0 aliphatic carbocycles. The van der Waals surface area contributed by atoms with E-state index in [4.69, 9.17) is 9.15 Å². The number of hydrogen-bond acceptors (Lipinski definition) is 7. The molecule has 1 aromatic carbocycles. The number of carbonyl (C=O) groups is 1. The lowest BCUT2D eigenvalue weighted by molar-refractivity contribution is 0.0464. The summed E-state index contributed by atoms with van der Waals surface area (Å²) in [4.78, 5) is 16.6. The highest BCUT2D eigenvalue weighted by atomic mass is 32.2.